The predicted octanol–water partition coefficient (Wildman–Crippen LogP) is 5.08. The van der Waals surface area contributed by atoms with Crippen LogP contribution >= 0.6 is 11.6 Å². The normalized spacial score (nSPS) is 17.6. The Hall–Kier alpha value is -3.54. The minimum atomic E-state index is -4.47. The van der Waals surface area contributed by atoms with Crippen LogP contribution in [-0.4, -0.2) is 53.6 Å². The molecule has 1 saturated heterocycles. The fourth-order valence-corrected chi connectivity index (χ4v) is 4.10. The predicted molar refractivity (Wildman–Crippen MR) is 138 cm³/mol. The van der Waals surface area contributed by atoms with E-state index in [9.17, 15) is 31.9 Å². The van der Waals surface area contributed by atoms with Crippen LogP contribution in [0.5, 0.6) is 5.75 Å². The summed E-state index contributed by atoms with van der Waals surface area (Å²) in [6.07, 6.45) is -4.69. The number of nitrogens with one attached hydrogen (secondary N) is 2. The maximum absolute atomic E-state index is 13.6. The second-order valence-corrected chi connectivity index (χ2v) is 10.7. The first-order chi connectivity index (χ1) is 18.6. The average Bonchev–Trinajstić information content (AvgIpc) is 2.86. The number of benzene rings is 2. The van der Waals surface area contributed by atoms with Gasteiger partial charge in [0.15, 0.2) is 6.61 Å². The lowest BCUT2D eigenvalue weighted by atomic mass is 9.97. The van der Waals surface area contributed by atoms with Gasteiger partial charge in [-0.1, -0.05) is 23.7 Å². The Kier molecular flexibility index (Phi) is 9.88. The monoisotopic (exact) mass is 587 g/mol. The quantitative estimate of drug-likeness (QED) is 0.441. The van der Waals surface area contributed by atoms with Crippen molar-refractivity contribution in [3.8, 4) is 5.75 Å². The third-order valence-electron chi connectivity index (χ3n) is 5.89. The highest BCUT2D eigenvalue weighted by molar-refractivity contribution is 6.30. The van der Waals surface area contributed by atoms with Crippen LogP contribution in [0.15, 0.2) is 42.5 Å². The number of ether oxygens (including phenoxy) is 2. The maximum Gasteiger partial charge on any atom is 0.416 e. The van der Waals surface area contributed by atoms with Crippen molar-refractivity contribution in [3.63, 3.8) is 0 Å². The third-order valence-corrected chi connectivity index (χ3v) is 6.19. The third kappa shape index (κ3) is 9.00. The summed E-state index contributed by atoms with van der Waals surface area (Å²) in [6.45, 7) is 4.52. The van der Waals surface area contributed by atoms with Crippen molar-refractivity contribution < 1.29 is 41.4 Å². The summed E-state index contributed by atoms with van der Waals surface area (Å²) in [6, 6.07) is 6.70. The van der Waals surface area contributed by atoms with E-state index in [2.05, 4.69) is 10.6 Å². The number of halogens is 5. The largest absolute Gasteiger partial charge is 0.484 e. The molecule has 1 fully saturated rings. The first-order valence-electron chi connectivity index (χ1n) is 12.4. The summed E-state index contributed by atoms with van der Waals surface area (Å²) in [4.78, 5) is 39.7. The molecule has 0 radical (unpaired) electrons. The first-order valence-corrected chi connectivity index (χ1v) is 12.8. The fourth-order valence-electron chi connectivity index (χ4n) is 3.99. The van der Waals surface area contributed by atoms with Gasteiger partial charge in [0, 0.05) is 25.2 Å². The van der Waals surface area contributed by atoms with E-state index in [0.29, 0.717) is 12.0 Å². The Morgan fingerprint density at radius 3 is 2.33 bits per heavy atom. The van der Waals surface area contributed by atoms with Crippen molar-refractivity contribution in [2.45, 2.75) is 64.0 Å². The number of alkyl halides is 3. The molecule has 40 heavy (non-hydrogen) atoms. The topological polar surface area (TPSA) is 97.0 Å². The highest BCUT2D eigenvalue weighted by Crippen LogP contribution is 2.29. The van der Waals surface area contributed by atoms with Crippen molar-refractivity contribution in [1.82, 2.24) is 15.5 Å². The van der Waals surface area contributed by atoms with E-state index in [0.717, 1.165) is 18.2 Å². The van der Waals surface area contributed by atoms with E-state index >= 15 is 0 Å². The molecule has 0 aromatic heterocycles. The second kappa shape index (κ2) is 12.8. The summed E-state index contributed by atoms with van der Waals surface area (Å²) in [5.41, 5.74) is -1.20. The Labute approximate surface area is 233 Å². The van der Waals surface area contributed by atoms with Gasteiger partial charge < -0.3 is 20.1 Å². The number of rotatable bonds is 7. The molecule has 1 heterocycles. The number of nitrogens with zero attached hydrogens (tertiary/aromatic N) is 1. The van der Waals surface area contributed by atoms with Gasteiger partial charge in [-0.25, -0.2) is 9.18 Å². The lowest BCUT2D eigenvalue weighted by Gasteiger charge is -2.39. The Morgan fingerprint density at radius 2 is 1.73 bits per heavy atom. The molecule has 2 aromatic rings. The minimum absolute atomic E-state index is 0.0331. The van der Waals surface area contributed by atoms with Gasteiger partial charge in [0.25, 0.3) is 5.91 Å². The highest BCUT2D eigenvalue weighted by Gasteiger charge is 2.38. The molecule has 13 heteroatoms. The van der Waals surface area contributed by atoms with Crippen LogP contribution in [0.2, 0.25) is 5.02 Å². The molecule has 218 valence electrons. The summed E-state index contributed by atoms with van der Waals surface area (Å²) in [5.74, 6) is -1.61. The van der Waals surface area contributed by atoms with Gasteiger partial charge in [0.2, 0.25) is 5.91 Å². The average molecular weight is 588 g/mol. The molecule has 0 bridgehead atoms. The van der Waals surface area contributed by atoms with Crippen molar-refractivity contribution in [3.05, 3.63) is 64.4 Å². The molecule has 2 N–H and O–H groups in total. The Balaban J connectivity index is 1.61. The van der Waals surface area contributed by atoms with Crippen LogP contribution in [0, 0.1) is 5.82 Å². The maximum atomic E-state index is 13.6. The molecule has 1 aliphatic rings. The van der Waals surface area contributed by atoms with E-state index < -0.39 is 59.8 Å². The molecule has 2 aromatic carbocycles. The van der Waals surface area contributed by atoms with E-state index in [1.807, 2.05) is 0 Å². The lowest BCUT2D eigenvalue weighted by Crippen LogP contribution is -2.59. The van der Waals surface area contributed by atoms with E-state index in [-0.39, 0.29) is 30.3 Å². The van der Waals surface area contributed by atoms with Gasteiger partial charge in [-0.05, 0) is 63.4 Å². The number of carbonyl (C=O) groups is 3. The van der Waals surface area contributed by atoms with Crippen molar-refractivity contribution in [1.29, 1.82) is 0 Å². The second-order valence-electron chi connectivity index (χ2n) is 10.3. The first kappa shape index (κ1) is 31.0. The summed E-state index contributed by atoms with van der Waals surface area (Å²) >= 11 is 5.64. The van der Waals surface area contributed by atoms with E-state index in [1.165, 1.54) is 29.2 Å². The number of piperidine rings is 1. The van der Waals surface area contributed by atoms with Crippen LogP contribution in [0.1, 0.15) is 44.7 Å². The van der Waals surface area contributed by atoms with E-state index in [4.69, 9.17) is 21.1 Å². The number of carbonyl (C=O) groups excluding carboxylic acids is 3. The number of hydrogen-bond donors (Lipinski definition) is 2. The Morgan fingerprint density at radius 1 is 1.05 bits per heavy atom. The molecule has 2 unspecified atom stereocenters. The zero-order valence-electron chi connectivity index (χ0n) is 22.1. The molecular formula is C27H30ClF4N3O5. The molecule has 8 nitrogen and oxygen atoms in total. The van der Waals surface area contributed by atoms with Crippen LogP contribution in [-0.2, 0) is 27.0 Å². The smallest absolute Gasteiger partial charge is 0.416 e. The van der Waals surface area contributed by atoms with Crippen molar-refractivity contribution in [2.75, 3.05) is 13.2 Å². The van der Waals surface area contributed by atoms with Crippen LogP contribution in [0.3, 0.4) is 0 Å². The van der Waals surface area contributed by atoms with Crippen molar-refractivity contribution >= 4 is 29.5 Å². The summed E-state index contributed by atoms with van der Waals surface area (Å²) < 4.78 is 62.8. The zero-order valence-corrected chi connectivity index (χ0v) is 22.9. The van der Waals surface area contributed by atoms with Gasteiger partial charge in [-0.2, -0.15) is 13.2 Å². The number of amides is 3. The Bertz CT molecular complexity index is 1220. The van der Waals surface area contributed by atoms with E-state index in [1.54, 1.807) is 20.8 Å². The molecule has 2 atom stereocenters. The molecule has 3 rings (SSSR count). The zero-order chi connectivity index (χ0) is 29.7. The molecule has 0 saturated carbocycles. The van der Waals surface area contributed by atoms with Gasteiger partial charge in [-0.15, -0.1) is 0 Å². The lowest BCUT2D eigenvalue weighted by molar-refractivity contribution is -0.137. The summed E-state index contributed by atoms with van der Waals surface area (Å²) in [7, 11) is 0. The van der Waals surface area contributed by atoms with Crippen LogP contribution in [0.25, 0.3) is 0 Å². The SMILES string of the molecule is CC(C)(C)OC(=O)N1CC(NC(=O)COc2ccc(Cl)c(F)c2)CCC1C(=O)NCc1ccc(C(F)(F)F)cc1. The minimum Gasteiger partial charge on any atom is -0.484 e. The molecule has 3 amide bonds. The fraction of sp³-hybridized carbons (Fsp3) is 0.444. The van der Waals surface area contributed by atoms with Crippen molar-refractivity contribution in [2.24, 2.45) is 0 Å². The number of likely N-dealkylation sites (tertiary alicyclic amines) is 1. The van der Waals surface area contributed by atoms with Gasteiger partial charge >= 0.3 is 12.3 Å². The molecule has 1 aliphatic heterocycles. The van der Waals surface area contributed by atoms with Gasteiger partial charge in [0.1, 0.15) is 23.2 Å². The van der Waals surface area contributed by atoms with Gasteiger partial charge in [0.05, 0.1) is 10.6 Å². The highest BCUT2D eigenvalue weighted by atomic mass is 35.5. The van der Waals surface area contributed by atoms with Gasteiger partial charge in [-0.3, -0.25) is 14.5 Å². The molecule has 0 spiro atoms. The standard InChI is InChI=1S/C27H30ClF4N3O5/c1-26(2,3)40-25(38)35-14-18(34-23(36)15-39-19-9-10-20(28)21(29)12-19)8-11-22(35)24(37)33-13-16-4-6-17(7-5-16)27(30,31)32/h4-7,9-10,12,18,22H,8,11,13-15H2,1-3H3,(H,33,37)(H,34,36). The number of hydrogen-bond acceptors (Lipinski definition) is 5. The molecular weight excluding hydrogens is 558 g/mol. The molecule has 0 aliphatic carbocycles. The summed E-state index contributed by atoms with van der Waals surface area (Å²) in [5, 5.41) is 5.32. The van der Waals surface area contributed by atoms with Crippen LogP contribution in [0.4, 0.5) is 22.4 Å². The van der Waals surface area contributed by atoms with Crippen LogP contribution < -0.4 is 15.4 Å².